The van der Waals surface area contributed by atoms with Crippen LogP contribution >= 0.6 is 0 Å². The van der Waals surface area contributed by atoms with Crippen molar-refractivity contribution in [2.45, 2.75) is 18.1 Å². The Morgan fingerprint density at radius 1 is 1.00 bits per heavy atom. The van der Waals surface area contributed by atoms with E-state index < -0.39 is 17.7 Å². The number of fused-ring (bicyclic) bond motifs is 8. The summed E-state index contributed by atoms with van der Waals surface area (Å²) in [6.07, 6.45) is 3.51. The monoisotopic (exact) mass is 384 g/mol. The summed E-state index contributed by atoms with van der Waals surface area (Å²) in [5.41, 5.74) is 3.32. The van der Waals surface area contributed by atoms with Gasteiger partial charge in [0, 0.05) is 34.7 Å². The molecule has 0 bridgehead atoms. The summed E-state index contributed by atoms with van der Waals surface area (Å²) in [5, 5.41) is 20.0. The minimum Gasteiger partial charge on any atom is -0.508 e. The van der Waals surface area contributed by atoms with Crippen molar-refractivity contribution in [1.29, 1.82) is 0 Å². The topological polar surface area (TPSA) is 76.0 Å². The lowest BCUT2D eigenvalue weighted by molar-refractivity contribution is 0.0224. The van der Waals surface area contributed by atoms with Gasteiger partial charge in [-0.25, -0.2) is 4.79 Å². The third-order valence-electron chi connectivity index (χ3n) is 5.91. The lowest BCUT2D eigenvalue weighted by Gasteiger charge is -2.38. The zero-order valence-electron chi connectivity index (χ0n) is 15.3. The average Bonchev–Trinajstić information content (AvgIpc) is 3.01. The second-order valence-corrected chi connectivity index (χ2v) is 7.54. The molecule has 1 spiro atoms. The van der Waals surface area contributed by atoms with E-state index in [0.29, 0.717) is 29.0 Å². The van der Waals surface area contributed by atoms with Crippen LogP contribution < -0.4 is 4.74 Å². The highest BCUT2D eigenvalue weighted by atomic mass is 16.6. The number of hydrogen-bond donors (Lipinski definition) is 2. The van der Waals surface area contributed by atoms with Gasteiger partial charge in [-0.2, -0.15) is 0 Å². The SMILES string of the molecule is O=C1OC2(c3ccc(O)cc3Oc3c2ccc2c3C=CC(O)C2)c2ccccc21. The van der Waals surface area contributed by atoms with Crippen molar-refractivity contribution in [3.05, 3.63) is 94.1 Å². The van der Waals surface area contributed by atoms with E-state index in [1.807, 2.05) is 36.4 Å². The predicted octanol–water partition coefficient (Wildman–Crippen LogP) is 3.89. The fraction of sp³-hybridized carbons (Fsp3) is 0.125. The van der Waals surface area contributed by atoms with Crippen LogP contribution in [0, 0.1) is 0 Å². The molecule has 2 heterocycles. The van der Waals surface area contributed by atoms with E-state index in [9.17, 15) is 15.0 Å². The van der Waals surface area contributed by atoms with E-state index in [2.05, 4.69) is 0 Å². The van der Waals surface area contributed by atoms with Crippen LogP contribution in [-0.2, 0) is 16.8 Å². The smallest absolute Gasteiger partial charge is 0.340 e. The lowest BCUT2D eigenvalue weighted by Crippen LogP contribution is -2.33. The Kier molecular flexibility index (Phi) is 3.10. The molecule has 5 nitrogen and oxygen atoms in total. The maximum Gasteiger partial charge on any atom is 0.340 e. The van der Waals surface area contributed by atoms with E-state index in [0.717, 1.165) is 22.3 Å². The van der Waals surface area contributed by atoms with Gasteiger partial charge in [-0.15, -0.1) is 0 Å². The number of aliphatic hydroxyl groups excluding tert-OH is 1. The molecule has 0 fully saturated rings. The number of esters is 1. The minimum absolute atomic E-state index is 0.0655. The van der Waals surface area contributed by atoms with E-state index in [1.54, 1.807) is 24.3 Å². The van der Waals surface area contributed by atoms with Crippen molar-refractivity contribution >= 4 is 12.0 Å². The van der Waals surface area contributed by atoms with Gasteiger partial charge in [0.05, 0.1) is 11.7 Å². The van der Waals surface area contributed by atoms with Crippen LogP contribution in [0.3, 0.4) is 0 Å². The van der Waals surface area contributed by atoms with E-state index in [1.165, 1.54) is 6.07 Å². The lowest BCUT2D eigenvalue weighted by atomic mass is 9.76. The van der Waals surface area contributed by atoms with Crippen molar-refractivity contribution in [2.75, 3.05) is 0 Å². The summed E-state index contributed by atoms with van der Waals surface area (Å²) in [4.78, 5) is 12.8. The molecule has 0 radical (unpaired) electrons. The quantitative estimate of drug-likeness (QED) is 0.575. The number of aromatic hydroxyl groups is 1. The fourth-order valence-electron chi connectivity index (χ4n) is 4.65. The van der Waals surface area contributed by atoms with E-state index >= 15 is 0 Å². The van der Waals surface area contributed by atoms with Crippen LogP contribution in [0.1, 0.15) is 38.2 Å². The first-order valence-corrected chi connectivity index (χ1v) is 9.45. The molecule has 1 aliphatic carbocycles. The summed E-state index contributed by atoms with van der Waals surface area (Å²) in [6.45, 7) is 0. The average molecular weight is 384 g/mol. The van der Waals surface area contributed by atoms with Crippen molar-refractivity contribution in [2.24, 2.45) is 0 Å². The van der Waals surface area contributed by atoms with Gasteiger partial charge in [0.15, 0.2) is 5.60 Å². The van der Waals surface area contributed by atoms with Crippen LogP contribution in [0.4, 0.5) is 0 Å². The van der Waals surface area contributed by atoms with Gasteiger partial charge in [-0.3, -0.25) is 0 Å². The maximum atomic E-state index is 12.8. The molecule has 0 aromatic heterocycles. The summed E-state index contributed by atoms with van der Waals surface area (Å²) >= 11 is 0. The van der Waals surface area contributed by atoms with E-state index in [4.69, 9.17) is 9.47 Å². The molecule has 5 heteroatoms. The Hall–Kier alpha value is -3.57. The number of benzene rings is 3. The first-order valence-electron chi connectivity index (χ1n) is 9.45. The Morgan fingerprint density at radius 2 is 1.83 bits per heavy atom. The number of carbonyl (C=O) groups is 1. The second-order valence-electron chi connectivity index (χ2n) is 7.54. The molecular weight excluding hydrogens is 368 g/mol. The number of aliphatic hydroxyl groups is 1. The molecule has 2 N–H and O–H groups in total. The molecule has 3 aromatic rings. The molecule has 0 amide bonds. The molecule has 0 saturated carbocycles. The Bertz CT molecular complexity index is 1240. The zero-order valence-corrected chi connectivity index (χ0v) is 15.3. The second kappa shape index (κ2) is 5.49. The zero-order chi connectivity index (χ0) is 19.8. The third kappa shape index (κ3) is 2.05. The Morgan fingerprint density at radius 3 is 2.72 bits per heavy atom. The number of phenolic OH excluding ortho intramolecular Hbond substituents is 1. The Balaban J connectivity index is 1.72. The van der Waals surface area contributed by atoms with Crippen LogP contribution in [0.15, 0.2) is 60.7 Å². The molecule has 29 heavy (non-hydrogen) atoms. The predicted molar refractivity (Wildman–Crippen MR) is 105 cm³/mol. The molecule has 3 aromatic carbocycles. The largest absolute Gasteiger partial charge is 0.508 e. The first kappa shape index (κ1) is 16.4. The van der Waals surface area contributed by atoms with Crippen LogP contribution in [0.5, 0.6) is 17.2 Å². The molecule has 2 aliphatic heterocycles. The van der Waals surface area contributed by atoms with Crippen molar-refractivity contribution < 1.29 is 24.5 Å². The molecule has 142 valence electrons. The molecule has 6 rings (SSSR count). The van der Waals surface area contributed by atoms with Crippen LogP contribution in [0.25, 0.3) is 6.08 Å². The normalized spacial score (nSPS) is 22.9. The van der Waals surface area contributed by atoms with Gasteiger partial charge in [-0.05, 0) is 23.8 Å². The van der Waals surface area contributed by atoms with Gasteiger partial charge in [0.2, 0.25) is 0 Å². The van der Waals surface area contributed by atoms with Gasteiger partial charge < -0.3 is 19.7 Å². The van der Waals surface area contributed by atoms with Gasteiger partial charge in [-0.1, -0.05) is 42.5 Å². The Labute approximate surface area is 166 Å². The van der Waals surface area contributed by atoms with Gasteiger partial charge >= 0.3 is 5.97 Å². The van der Waals surface area contributed by atoms with Gasteiger partial charge in [0.1, 0.15) is 17.2 Å². The summed E-state index contributed by atoms with van der Waals surface area (Å²) in [6, 6.07) is 16.1. The summed E-state index contributed by atoms with van der Waals surface area (Å²) < 4.78 is 12.3. The molecule has 2 unspecified atom stereocenters. The number of carbonyl (C=O) groups excluding carboxylic acids is 1. The van der Waals surface area contributed by atoms with Gasteiger partial charge in [0.25, 0.3) is 0 Å². The summed E-state index contributed by atoms with van der Waals surface area (Å²) in [7, 11) is 0. The summed E-state index contributed by atoms with van der Waals surface area (Å²) in [5.74, 6) is 0.690. The third-order valence-corrected chi connectivity index (χ3v) is 5.91. The maximum absolute atomic E-state index is 12.8. The van der Waals surface area contributed by atoms with Crippen LogP contribution in [0.2, 0.25) is 0 Å². The highest BCUT2D eigenvalue weighted by molar-refractivity contribution is 5.97. The minimum atomic E-state index is -1.15. The molecule has 3 aliphatic rings. The van der Waals surface area contributed by atoms with E-state index in [-0.39, 0.29) is 5.75 Å². The molecule has 0 saturated heterocycles. The highest BCUT2D eigenvalue weighted by Crippen LogP contribution is 2.57. The number of phenols is 1. The first-order chi connectivity index (χ1) is 14.1. The highest BCUT2D eigenvalue weighted by Gasteiger charge is 2.54. The molecular formula is C24H16O5. The standard InChI is InChI=1S/C24H16O5/c25-14-6-8-16-13(11-14)5-9-20-22(16)28-21-12-15(26)7-10-19(21)24(20)18-4-2-1-3-17(18)23(27)29-24/h1-10,12,14,25-26H,11H2. The van der Waals surface area contributed by atoms with Crippen molar-refractivity contribution in [3.63, 3.8) is 0 Å². The number of ether oxygens (including phenoxy) is 2. The number of rotatable bonds is 0. The molecule has 2 atom stereocenters. The fourth-order valence-corrected chi connectivity index (χ4v) is 4.65. The van der Waals surface area contributed by atoms with Crippen LogP contribution in [-0.4, -0.2) is 22.3 Å². The van der Waals surface area contributed by atoms with Crippen molar-refractivity contribution in [1.82, 2.24) is 0 Å². The number of hydrogen-bond acceptors (Lipinski definition) is 5. The van der Waals surface area contributed by atoms with Crippen molar-refractivity contribution in [3.8, 4) is 17.2 Å².